The normalized spacial score (nSPS) is 10.5. The maximum absolute atomic E-state index is 9.19. The molecular formula is C12H15N3O2. The van der Waals surface area contributed by atoms with Crippen LogP contribution in [0.5, 0.6) is 5.75 Å². The minimum atomic E-state index is -0.0989. The molecule has 0 aliphatic rings. The molecule has 0 amide bonds. The van der Waals surface area contributed by atoms with E-state index in [-0.39, 0.29) is 6.61 Å². The molecular weight excluding hydrogens is 218 g/mol. The quantitative estimate of drug-likeness (QED) is 0.865. The fraction of sp³-hybridized carbons (Fsp3) is 0.333. The van der Waals surface area contributed by atoms with E-state index in [2.05, 4.69) is 10.3 Å². The van der Waals surface area contributed by atoms with Crippen molar-refractivity contribution in [3.05, 3.63) is 35.7 Å². The lowest BCUT2D eigenvalue weighted by molar-refractivity contribution is 0.275. The molecule has 2 rings (SSSR count). The summed E-state index contributed by atoms with van der Waals surface area (Å²) in [5, 5.41) is 17.2. The number of methoxy groups -OCH3 is 1. The molecule has 0 spiro atoms. The van der Waals surface area contributed by atoms with Gasteiger partial charge >= 0.3 is 0 Å². The summed E-state index contributed by atoms with van der Waals surface area (Å²) in [5.41, 5.74) is 2.34. The lowest BCUT2D eigenvalue weighted by Gasteiger charge is -2.09. The van der Waals surface area contributed by atoms with Crippen molar-refractivity contribution < 1.29 is 9.84 Å². The number of hydrogen-bond acceptors (Lipinski definition) is 4. The van der Waals surface area contributed by atoms with E-state index in [1.165, 1.54) is 0 Å². The zero-order chi connectivity index (χ0) is 12.3. The first-order chi connectivity index (χ1) is 8.31. The molecule has 1 N–H and O–H groups in total. The maximum atomic E-state index is 9.19. The van der Waals surface area contributed by atoms with Gasteiger partial charge in [-0.15, -0.1) is 5.10 Å². The van der Waals surface area contributed by atoms with E-state index in [4.69, 9.17) is 4.74 Å². The Morgan fingerprint density at radius 3 is 2.76 bits per heavy atom. The molecule has 0 bridgehead atoms. The van der Waals surface area contributed by atoms with Crippen LogP contribution in [0.4, 0.5) is 0 Å². The van der Waals surface area contributed by atoms with Gasteiger partial charge in [0.1, 0.15) is 17.1 Å². The number of aromatic nitrogens is 3. The molecule has 0 aliphatic carbocycles. The molecule has 0 unspecified atom stereocenters. The highest BCUT2D eigenvalue weighted by Gasteiger charge is 2.14. The van der Waals surface area contributed by atoms with Crippen LogP contribution in [0.15, 0.2) is 24.3 Å². The summed E-state index contributed by atoms with van der Waals surface area (Å²) in [7, 11) is 1.62. The number of aliphatic hydroxyl groups excluding tert-OH is 1. The number of aliphatic hydroxyl groups is 1. The van der Waals surface area contributed by atoms with E-state index in [1.54, 1.807) is 11.8 Å². The second-order valence-electron chi connectivity index (χ2n) is 3.58. The Labute approximate surface area is 99.7 Å². The molecule has 0 saturated heterocycles. The van der Waals surface area contributed by atoms with E-state index in [1.807, 2.05) is 31.2 Å². The van der Waals surface area contributed by atoms with Gasteiger partial charge in [-0.2, -0.15) is 0 Å². The largest absolute Gasteiger partial charge is 0.494 e. The monoisotopic (exact) mass is 233 g/mol. The predicted molar refractivity (Wildman–Crippen MR) is 63.2 cm³/mol. The second kappa shape index (κ2) is 4.97. The van der Waals surface area contributed by atoms with Gasteiger partial charge in [0.05, 0.1) is 19.4 Å². The number of nitrogens with zero attached hydrogens (tertiary/aromatic N) is 3. The summed E-state index contributed by atoms with van der Waals surface area (Å²) in [6.45, 7) is 1.90. The van der Waals surface area contributed by atoms with E-state index >= 15 is 0 Å². The molecule has 1 aromatic heterocycles. The Hall–Kier alpha value is -1.88. The summed E-state index contributed by atoms with van der Waals surface area (Å²) in [6.07, 6.45) is 0.751. The van der Waals surface area contributed by atoms with Crippen LogP contribution in [0.3, 0.4) is 0 Å². The lowest BCUT2D eigenvalue weighted by Crippen LogP contribution is -2.04. The Bertz CT molecular complexity index is 508. The van der Waals surface area contributed by atoms with Crippen LogP contribution in [0.25, 0.3) is 5.69 Å². The minimum Gasteiger partial charge on any atom is -0.494 e. The van der Waals surface area contributed by atoms with Gasteiger partial charge in [0.15, 0.2) is 0 Å². The van der Waals surface area contributed by atoms with Gasteiger partial charge < -0.3 is 9.84 Å². The van der Waals surface area contributed by atoms with Gasteiger partial charge in [-0.1, -0.05) is 24.3 Å². The second-order valence-corrected chi connectivity index (χ2v) is 3.58. The Morgan fingerprint density at radius 1 is 1.35 bits per heavy atom. The Morgan fingerprint density at radius 2 is 2.12 bits per heavy atom. The van der Waals surface area contributed by atoms with Crippen LogP contribution >= 0.6 is 0 Å². The molecule has 0 fully saturated rings. The van der Waals surface area contributed by atoms with Gasteiger partial charge in [-0.3, -0.25) is 0 Å². The summed E-state index contributed by atoms with van der Waals surface area (Å²) in [6, 6.07) is 7.60. The minimum absolute atomic E-state index is 0.0989. The van der Waals surface area contributed by atoms with Gasteiger partial charge in [0.25, 0.3) is 0 Å². The van der Waals surface area contributed by atoms with Crippen molar-refractivity contribution in [2.24, 2.45) is 0 Å². The molecule has 0 radical (unpaired) electrons. The fourth-order valence-corrected chi connectivity index (χ4v) is 1.81. The molecule has 17 heavy (non-hydrogen) atoms. The molecule has 0 saturated carbocycles. The highest BCUT2D eigenvalue weighted by molar-refractivity contribution is 5.47. The first kappa shape index (κ1) is 11.6. The number of benzene rings is 1. The van der Waals surface area contributed by atoms with Crippen LogP contribution < -0.4 is 4.74 Å². The smallest absolute Gasteiger partial charge is 0.144 e. The summed E-state index contributed by atoms with van der Waals surface area (Å²) in [5.74, 6) is 0.733. The average molecular weight is 233 g/mol. The highest BCUT2D eigenvalue weighted by atomic mass is 16.5. The summed E-state index contributed by atoms with van der Waals surface area (Å²) in [4.78, 5) is 0. The van der Waals surface area contributed by atoms with Gasteiger partial charge in [0, 0.05) is 0 Å². The SMILES string of the molecule is CCc1c(CO)nnn1-c1ccccc1OC. The van der Waals surface area contributed by atoms with Crippen molar-refractivity contribution in [3.63, 3.8) is 0 Å². The maximum Gasteiger partial charge on any atom is 0.144 e. The van der Waals surface area contributed by atoms with E-state index in [9.17, 15) is 5.11 Å². The third-order valence-corrected chi connectivity index (χ3v) is 2.64. The van der Waals surface area contributed by atoms with Crippen molar-refractivity contribution >= 4 is 0 Å². The molecule has 90 valence electrons. The molecule has 2 aromatic rings. The Kier molecular flexibility index (Phi) is 3.39. The third-order valence-electron chi connectivity index (χ3n) is 2.64. The highest BCUT2D eigenvalue weighted by Crippen LogP contribution is 2.23. The number of rotatable bonds is 4. The third kappa shape index (κ3) is 2.01. The van der Waals surface area contributed by atoms with Gasteiger partial charge in [-0.25, -0.2) is 4.68 Å². The first-order valence-corrected chi connectivity index (χ1v) is 5.49. The van der Waals surface area contributed by atoms with Crippen LogP contribution in [0.2, 0.25) is 0 Å². The van der Waals surface area contributed by atoms with Crippen LogP contribution in [0, 0.1) is 0 Å². The lowest BCUT2D eigenvalue weighted by atomic mass is 10.2. The molecule has 1 aromatic carbocycles. The van der Waals surface area contributed by atoms with Gasteiger partial charge in [0.2, 0.25) is 0 Å². The van der Waals surface area contributed by atoms with Crippen molar-refractivity contribution in [3.8, 4) is 11.4 Å². The molecule has 0 aliphatic heterocycles. The van der Waals surface area contributed by atoms with Crippen LogP contribution in [-0.2, 0) is 13.0 Å². The van der Waals surface area contributed by atoms with Crippen molar-refractivity contribution in [2.75, 3.05) is 7.11 Å². The van der Waals surface area contributed by atoms with E-state index < -0.39 is 0 Å². The zero-order valence-corrected chi connectivity index (χ0v) is 9.92. The summed E-state index contributed by atoms with van der Waals surface area (Å²) < 4.78 is 7.00. The molecule has 5 nitrogen and oxygen atoms in total. The number of hydrogen-bond donors (Lipinski definition) is 1. The van der Waals surface area contributed by atoms with Crippen LogP contribution in [-0.4, -0.2) is 27.2 Å². The first-order valence-electron chi connectivity index (χ1n) is 5.49. The molecule has 0 atom stereocenters. The predicted octanol–water partition coefficient (Wildman–Crippen LogP) is 1.33. The molecule has 1 heterocycles. The number of para-hydroxylation sites is 2. The average Bonchev–Trinajstić information content (AvgIpc) is 2.81. The number of ether oxygens (including phenoxy) is 1. The topological polar surface area (TPSA) is 60.2 Å². The zero-order valence-electron chi connectivity index (χ0n) is 9.92. The fourth-order valence-electron chi connectivity index (χ4n) is 1.81. The van der Waals surface area contributed by atoms with Crippen molar-refractivity contribution in [2.45, 2.75) is 20.0 Å². The van der Waals surface area contributed by atoms with E-state index in [0.29, 0.717) is 5.69 Å². The van der Waals surface area contributed by atoms with Crippen molar-refractivity contribution in [1.29, 1.82) is 0 Å². The van der Waals surface area contributed by atoms with E-state index in [0.717, 1.165) is 23.6 Å². The Balaban J connectivity index is 2.56. The standard InChI is InChI=1S/C12H15N3O2/c1-3-10-9(8-16)13-14-15(10)11-6-4-5-7-12(11)17-2/h4-7,16H,3,8H2,1-2H3. The molecule has 5 heteroatoms. The van der Waals surface area contributed by atoms with Crippen LogP contribution in [0.1, 0.15) is 18.3 Å². The van der Waals surface area contributed by atoms with Gasteiger partial charge in [-0.05, 0) is 18.6 Å². The van der Waals surface area contributed by atoms with Crippen molar-refractivity contribution in [1.82, 2.24) is 15.0 Å². The summed E-state index contributed by atoms with van der Waals surface area (Å²) >= 11 is 0.